The van der Waals surface area contributed by atoms with E-state index in [1.807, 2.05) is 67.8 Å². The van der Waals surface area contributed by atoms with E-state index in [1.54, 1.807) is 0 Å². The van der Waals surface area contributed by atoms with Gasteiger partial charge in [0.2, 0.25) is 5.68 Å². The highest BCUT2D eigenvalue weighted by atomic mass is 16.5. The Kier molecular flexibility index (Phi) is 4.65. The number of fused-ring (bicyclic) bond motifs is 4. The standard InChI is InChI=1S/C18H15BNO2.C2H6/c1-2-18(21)19-20-10-6-5-9-16(20)15-11-13-7-3-4-8-14(13)12-17(15)22-19;1-2/h3-12H,2H2,1H3;1-2H3/q+1;. The number of nitrogens with zero attached hydrogens (tertiary/aromatic N) is 1. The Bertz CT molecular complexity index is 892. The molecule has 0 amide bonds. The van der Waals surface area contributed by atoms with Crippen LogP contribution < -0.4 is 9.13 Å². The summed E-state index contributed by atoms with van der Waals surface area (Å²) in [6.07, 6.45) is 2.36. The Hall–Kier alpha value is -2.62. The van der Waals surface area contributed by atoms with Crippen LogP contribution in [0.5, 0.6) is 5.75 Å². The smallest absolute Gasteiger partial charge is 0.494 e. The van der Waals surface area contributed by atoms with Gasteiger partial charge in [-0.2, -0.15) is 0 Å². The molecule has 0 bridgehead atoms. The van der Waals surface area contributed by atoms with Crippen molar-refractivity contribution in [3.63, 3.8) is 0 Å². The molecule has 0 spiro atoms. The van der Waals surface area contributed by atoms with Gasteiger partial charge in [0.15, 0.2) is 5.69 Å². The molecule has 120 valence electrons. The minimum atomic E-state index is -0.574. The van der Waals surface area contributed by atoms with E-state index in [9.17, 15) is 4.79 Å². The molecule has 2 heterocycles. The first-order valence-electron chi connectivity index (χ1n) is 8.50. The molecule has 0 atom stereocenters. The fraction of sp³-hybridized carbons (Fsp3) is 0.200. The van der Waals surface area contributed by atoms with Crippen LogP contribution in [0.4, 0.5) is 0 Å². The molecule has 24 heavy (non-hydrogen) atoms. The van der Waals surface area contributed by atoms with Crippen LogP contribution in [0.1, 0.15) is 27.2 Å². The molecular weight excluding hydrogens is 297 g/mol. The summed E-state index contributed by atoms with van der Waals surface area (Å²) in [4.78, 5) is 12.3. The minimum absolute atomic E-state index is 0.0799. The van der Waals surface area contributed by atoms with Crippen molar-refractivity contribution >= 4 is 23.5 Å². The highest BCUT2D eigenvalue weighted by Gasteiger charge is 2.48. The van der Waals surface area contributed by atoms with Crippen LogP contribution in [0.15, 0.2) is 60.8 Å². The zero-order valence-electron chi connectivity index (χ0n) is 14.3. The fourth-order valence-corrected chi connectivity index (χ4v) is 2.98. The summed E-state index contributed by atoms with van der Waals surface area (Å²) >= 11 is 0. The summed E-state index contributed by atoms with van der Waals surface area (Å²) in [5.74, 6) is 0.775. The summed E-state index contributed by atoms with van der Waals surface area (Å²) in [5.41, 5.74) is 2.12. The molecule has 0 unspecified atom stereocenters. The molecule has 0 aliphatic carbocycles. The van der Waals surface area contributed by atoms with Gasteiger partial charge in [-0.05, 0) is 35.0 Å². The second-order valence-electron chi connectivity index (χ2n) is 5.48. The van der Waals surface area contributed by atoms with Crippen molar-refractivity contribution < 1.29 is 13.9 Å². The Labute approximate surface area is 143 Å². The average molecular weight is 318 g/mol. The second kappa shape index (κ2) is 6.87. The van der Waals surface area contributed by atoms with E-state index in [2.05, 4.69) is 18.2 Å². The predicted molar refractivity (Wildman–Crippen MR) is 98.0 cm³/mol. The molecule has 1 aliphatic rings. The number of pyridine rings is 1. The van der Waals surface area contributed by atoms with E-state index in [-0.39, 0.29) is 5.68 Å². The minimum Gasteiger partial charge on any atom is -0.494 e. The molecule has 0 radical (unpaired) electrons. The molecule has 0 N–H and O–H groups in total. The van der Waals surface area contributed by atoms with Crippen LogP contribution in [-0.2, 0) is 4.79 Å². The predicted octanol–water partition coefficient (Wildman–Crippen LogP) is 4.07. The van der Waals surface area contributed by atoms with Gasteiger partial charge >= 0.3 is 7.05 Å². The van der Waals surface area contributed by atoms with Crippen LogP contribution in [0.2, 0.25) is 0 Å². The Morgan fingerprint density at radius 3 is 2.42 bits per heavy atom. The number of benzene rings is 2. The van der Waals surface area contributed by atoms with Gasteiger partial charge in [0.05, 0.1) is 5.56 Å². The van der Waals surface area contributed by atoms with Gasteiger partial charge < -0.3 is 4.65 Å². The van der Waals surface area contributed by atoms with Gasteiger partial charge in [0.1, 0.15) is 11.9 Å². The first-order chi connectivity index (χ1) is 11.8. The van der Waals surface area contributed by atoms with Crippen molar-refractivity contribution in [3.8, 4) is 17.0 Å². The van der Waals surface area contributed by atoms with Gasteiger partial charge in [-0.1, -0.05) is 45.0 Å². The van der Waals surface area contributed by atoms with Gasteiger partial charge in [-0.25, -0.2) is 4.48 Å². The van der Waals surface area contributed by atoms with Crippen molar-refractivity contribution in [3.05, 3.63) is 60.8 Å². The molecule has 0 fully saturated rings. The van der Waals surface area contributed by atoms with Crippen LogP contribution in [0.25, 0.3) is 22.0 Å². The molecule has 4 rings (SSSR count). The zero-order valence-corrected chi connectivity index (χ0v) is 14.3. The highest BCUT2D eigenvalue weighted by molar-refractivity contribution is 6.79. The third-order valence-corrected chi connectivity index (χ3v) is 4.13. The highest BCUT2D eigenvalue weighted by Crippen LogP contribution is 2.35. The lowest BCUT2D eigenvalue weighted by atomic mass is 9.72. The summed E-state index contributed by atoms with van der Waals surface area (Å²) in [7, 11) is -0.574. The molecule has 1 aliphatic heterocycles. The van der Waals surface area contributed by atoms with E-state index >= 15 is 0 Å². The number of rotatable bonds is 2. The Morgan fingerprint density at radius 2 is 1.71 bits per heavy atom. The summed E-state index contributed by atoms with van der Waals surface area (Å²) in [5, 5.41) is 2.29. The molecular formula is C20H21BNO2+. The van der Waals surface area contributed by atoms with Crippen molar-refractivity contribution in [2.24, 2.45) is 0 Å². The maximum atomic E-state index is 12.3. The fourth-order valence-electron chi connectivity index (χ4n) is 2.98. The maximum Gasteiger partial charge on any atom is 0.802 e. The maximum absolute atomic E-state index is 12.3. The van der Waals surface area contributed by atoms with Crippen LogP contribution >= 0.6 is 0 Å². The topological polar surface area (TPSA) is 30.2 Å². The number of hydrogen-bond donors (Lipinski definition) is 0. The zero-order chi connectivity index (χ0) is 17.1. The SMILES string of the molecule is CC.CCC(=O)B1Oc2cc3ccccc3cc2-c2cccc[n+]21. The van der Waals surface area contributed by atoms with Crippen molar-refractivity contribution in [1.29, 1.82) is 0 Å². The molecule has 3 nitrogen and oxygen atoms in total. The van der Waals surface area contributed by atoms with Crippen molar-refractivity contribution in [1.82, 2.24) is 0 Å². The van der Waals surface area contributed by atoms with E-state index in [0.717, 1.165) is 22.4 Å². The first-order valence-corrected chi connectivity index (χ1v) is 8.50. The lowest BCUT2D eigenvalue weighted by Crippen LogP contribution is -2.63. The monoisotopic (exact) mass is 318 g/mol. The average Bonchev–Trinajstić information content (AvgIpc) is 2.67. The van der Waals surface area contributed by atoms with E-state index in [1.165, 1.54) is 5.39 Å². The number of carbonyl (C=O) groups is 1. The molecule has 1 aromatic heterocycles. The van der Waals surface area contributed by atoms with E-state index < -0.39 is 7.05 Å². The van der Waals surface area contributed by atoms with Gasteiger partial charge in [0.25, 0.3) is 0 Å². The Morgan fingerprint density at radius 1 is 1.04 bits per heavy atom. The number of hydrogen-bond acceptors (Lipinski definition) is 2. The van der Waals surface area contributed by atoms with Gasteiger partial charge in [-0.3, -0.25) is 4.79 Å². The summed E-state index contributed by atoms with van der Waals surface area (Å²) < 4.78 is 7.95. The number of carbonyl (C=O) groups excluding carboxylic acids is 1. The molecule has 0 saturated heterocycles. The first kappa shape index (κ1) is 16.3. The lowest BCUT2D eigenvalue weighted by Gasteiger charge is -2.19. The lowest BCUT2D eigenvalue weighted by molar-refractivity contribution is -0.535. The quantitative estimate of drug-likeness (QED) is 0.667. The molecule has 4 heteroatoms. The third kappa shape index (κ3) is 2.69. The van der Waals surface area contributed by atoms with Crippen molar-refractivity contribution in [2.45, 2.75) is 27.2 Å². The molecule has 3 aromatic rings. The molecule has 2 aromatic carbocycles. The second-order valence-corrected chi connectivity index (χ2v) is 5.48. The van der Waals surface area contributed by atoms with Crippen LogP contribution in [0, 0.1) is 0 Å². The van der Waals surface area contributed by atoms with E-state index in [4.69, 9.17) is 4.65 Å². The largest absolute Gasteiger partial charge is 0.802 e. The van der Waals surface area contributed by atoms with Gasteiger partial charge in [0, 0.05) is 12.5 Å². The van der Waals surface area contributed by atoms with Crippen LogP contribution in [-0.4, -0.2) is 12.7 Å². The summed E-state index contributed by atoms with van der Waals surface area (Å²) in [6, 6.07) is 18.3. The normalized spacial score (nSPS) is 11.7. The van der Waals surface area contributed by atoms with E-state index in [0.29, 0.717) is 6.42 Å². The number of aromatic nitrogens is 1. The van der Waals surface area contributed by atoms with Gasteiger partial charge in [-0.15, -0.1) is 0 Å². The molecule has 0 saturated carbocycles. The van der Waals surface area contributed by atoms with Crippen molar-refractivity contribution in [2.75, 3.05) is 0 Å². The Balaban J connectivity index is 0.000000815. The van der Waals surface area contributed by atoms with Crippen LogP contribution in [0.3, 0.4) is 0 Å². The third-order valence-electron chi connectivity index (χ3n) is 4.13. The summed E-state index contributed by atoms with van der Waals surface area (Å²) in [6.45, 7) is 5.87.